The van der Waals surface area contributed by atoms with Gasteiger partial charge in [0, 0.05) is 13.1 Å². The van der Waals surface area contributed by atoms with Gasteiger partial charge in [0.05, 0.1) is 12.6 Å². The molecule has 2 aliphatic rings. The van der Waals surface area contributed by atoms with E-state index in [1.807, 2.05) is 11.8 Å². The van der Waals surface area contributed by atoms with Gasteiger partial charge < -0.3 is 14.9 Å². The summed E-state index contributed by atoms with van der Waals surface area (Å²) in [5.74, 6) is -0.276. The van der Waals surface area contributed by atoms with Gasteiger partial charge >= 0.3 is 0 Å². The highest BCUT2D eigenvalue weighted by atomic mass is 16.3. The first kappa shape index (κ1) is 17.0. The van der Waals surface area contributed by atoms with E-state index >= 15 is 0 Å². The van der Waals surface area contributed by atoms with Crippen LogP contribution in [0, 0.1) is 5.41 Å². The van der Waals surface area contributed by atoms with E-state index in [-0.39, 0.29) is 36.4 Å². The fourth-order valence-electron chi connectivity index (χ4n) is 4.01. The van der Waals surface area contributed by atoms with E-state index in [1.54, 1.807) is 0 Å². The van der Waals surface area contributed by atoms with Crippen LogP contribution < -0.4 is 0 Å². The van der Waals surface area contributed by atoms with E-state index in [0.29, 0.717) is 6.54 Å². The molecule has 2 amide bonds. The highest BCUT2D eigenvalue weighted by Crippen LogP contribution is 2.46. The Labute approximate surface area is 133 Å². The van der Waals surface area contributed by atoms with Crippen LogP contribution in [0.5, 0.6) is 0 Å². The van der Waals surface area contributed by atoms with Crippen molar-refractivity contribution in [3.05, 3.63) is 12.7 Å². The molecule has 22 heavy (non-hydrogen) atoms. The fraction of sp³-hybridized carbons (Fsp3) is 0.765. The molecule has 2 fully saturated rings. The second kappa shape index (κ2) is 7.27. The number of aliphatic hydroxyl groups excluding tert-OH is 1. The molecule has 1 aliphatic heterocycles. The summed E-state index contributed by atoms with van der Waals surface area (Å²) in [6.07, 6.45) is 8.15. The van der Waals surface area contributed by atoms with Gasteiger partial charge in [0.1, 0.15) is 6.54 Å². The molecule has 0 aromatic heterocycles. The van der Waals surface area contributed by atoms with Crippen LogP contribution in [0.25, 0.3) is 0 Å². The molecule has 1 unspecified atom stereocenters. The Bertz CT molecular complexity index is 430. The zero-order chi connectivity index (χ0) is 16.2. The minimum Gasteiger partial charge on any atom is -0.394 e. The standard InChI is InChI=1S/C17H28N2O3/c1-3-15(21)18(4-2)11-16(22)19-13-17(10-14(19)12-20)8-6-5-7-9-17/h3,14,20H,1,4-13H2,2H3. The summed E-state index contributed by atoms with van der Waals surface area (Å²) in [4.78, 5) is 27.6. The van der Waals surface area contributed by atoms with Crippen molar-refractivity contribution in [1.29, 1.82) is 0 Å². The molecule has 1 atom stereocenters. The van der Waals surface area contributed by atoms with Gasteiger partial charge in [0.15, 0.2) is 0 Å². The van der Waals surface area contributed by atoms with E-state index in [0.717, 1.165) is 25.8 Å². The zero-order valence-electron chi connectivity index (χ0n) is 13.6. The average Bonchev–Trinajstić information content (AvgIpc) is 2.90. The minimum atomic E-state index is -0.219. The zero-order valence-corrected chi connectivity index (χ0v) is 13.6. The average molecular weight is 308 g/mol. The first-order valence-electron chi connectivity index (χ1n) is 8.37. The van der Waals surface area contributed by atoms with Crippen LogP contribution in [-0.4, -0.2) is 59.0 Å². The molecular formula is C17H28N2O3. The van der Waals surface area contributed by atoms with Gasteiger partial charge in [-0.05, 0) is 37.7 Å². The molecule has 0 bridgehead atoms. The monoisotopic (exact) mass is 308 g/mol. The van der Waals surface area contributed by atoms with Crippen LogP contribution in [0.1, 0.15) is 45.4 Å². The summed E-state index contributed by atoms with van der Waals surface area (Å²) in [6, 6.07) is -0.0943. The van der Waals surface area contributed by atoms with E-state index < -0.39 is 0 Å². The van der Waals surface area contributed by atoms with Crippen LogP contribution in [0.3, 0.4) is 0 Å². The van der Waals surface area contributed by atoms with Gasteiger partial charge in [-0.3, -0.25) is 9.59 Å². The van der Waals surface area contributed by atoms with Gasteiger partial charge in [-0.25, -0.2) is 0 Å². The third-order valence-electron chi connectivity index (χ3n) is 5.25. The summed E-state index contributed by atoms with van der Waals surface area (Å²) >= 11 is 0. The number of hydrogen-bond donors (Lipinski definition) is 1. The van der Waals surface area contributed by atoms with Crippen LogP contribution in [0.2, 0.25) is 0 Å². The van der Waals surface area contributed by atoms with Crippen molar-refractivity contribution in [1.82, 2.24) is 9.80 Å². The van der Waals surface area contributed by atoms with Crippen LogP contribution in [0.4, 0.5) is 0 Å². The molecular weight excluding hydrogens is 280 g/mol. The van der Waals surface area contributed by atoms with E-state index in [4.69, 9.17) is 0 Å². The normalized spacial score (nSPS) is 23.5. The van der Waals surface area contributed by atoms with Crippen LogP contribution >= 0.6 is 0 Å². The van der Waals surface area contributed by atoms with Crippen molar-refractivity contribution >= 4 is 11.8 Å². The lowest BCUT2D eigenvalue weighted by atomic mass is 9.73. The quantitative estimate of drug-likeness (QED) is 0.784. The van der Waals surface area contributed by atoms with Crippen molar-refractivity contribution in [3.8, 4) is 0 Å². The summed E-state index contributed by atoms with van der Waals surface area (Å²) in [7, 11) is 0. The Hall–Kier alpha value is -1.36. The highest BCUT2D eigenvalue weighted by Gasteiger charge is 2.45. The van der Waals surface area contributed by atoms with Crippen molar-refractivity contribution in [2.24, 2.45) is 5.41 Å². The number of nitrogens with zero attached hydrogens (tertiary/aromatic N) is 2. The number of likely N-dealkylation sites (tertiary alicyclic amines) is 1. The number of amides is 2. The topological polar surface area (TPSA) is 60.9 Å². The lowest BCUT2D eigenvalue weighted by Gasteiger charge is -2.33. The Kier molecular flexibility index (Phi) is 5.62. The SMILES string of the molecule is C=CC(=O)N(CC)CC(=O)N1CC2(CCCCC2)CC1CO. The van der Waals surface area contributed by atoms with Gasteiger partial charge in [-0.15, -0.1) is 0 Å². The summed E-state index contributed by atoms with van der Waals surface area (Å²) in [6.45, 7) is 6.63. The number of hydrogen-bond acceptors (Lipinski definition) is 3. The molecule has 124 valence electrons. The molecule has 5 nitrogen and oxygen atoms in total. The first-order chi connectivity index (χ1) is 10.5. The van der Waals surface area contributed by atoms with E-state index in [1.165, 1.54) is 30.2 Å². The Morgan fingerprint density at radius 1 is 1.36 bits per heavy atom. The van der Waals surface area contributed by atoms with E-state index in [9.17, 15) is 14.7 Å². The van der Waals surface area contributed by atoms with Crippen molar-refractivity contribution in [2.75, 3.05) is 26.2 Å². The van der Waals surface area contributed by atoms with Gasteiger partial charge in [-0.1, -0.05) is 25.8 Å². The van der Waals surface area contributed by atoms with Crippen molar-refractivity contribution in [3.63, 3.8) is 0 Å². The van der Waals surface area contributed by atoms with Gasteiger partial charge in [-0.2, -0.15) is 0 Å². The lowest BCUT2D eigenvalue weighted by molar-refractivity contribution is -0.139. The predicted octanol–water partition coefficient (Wildman–Crippen LogP) is 1.56. The predicted molar refractivity (Wildman–Crippen MR) is 85.2 cm³/mol. The fourth-order valence-corrected chi connectivity index (χ4v) is 4.01. The molecule has 1 N–H and O–H groups in total. The third-order valence-corrected chi connectivity index (χ3v) is 5.25. The Balaban J connectivity index is 2.04. The Morgan fingerprint density at radius 3 is 2.59 bits per heavy atom. The molecule has 0 radical (unpaired) electrons. The van der Waals surface area contributed by atoms with Gasteiger partial charge in [0.2, 0.25) is 11.8 Å². The number of likely N-dealkylation sites (N-methyl/N-ethyl adjacent to an activating group) is 1. The highest BCUT2D eigenvalue weighted by molar-refractivity contribution is 5.91. The third kappa shape index (κ3) is 3.51. The number of carbonyl (C=O) groups excluding carboxylic acids is 2. The largest absolute Gasteiger partial charge is 0.394 e. The molecule has 1 heterocycles. The molecule has 1 spiro atoms. The molecule has 2 rings (SSSR count). The van der Waals surface area contributed by atoms with E-state index in [2.05, 4.69) is 6.58 Å². The number of aliphatic hydroxyl groups is 1. The van der Waals surface area contributed by atoms with Crippen LogP contribution in [0.15, 0.2) is 12.7 Å². The molecule has 0 aromatic carbocycles. The molecule has 1 aliphatic carbocycles. The minimum absolute atomic E-state index is 0.00895. The smallest absolute Gasteiger partial charge is 0.246 e. The molecule has 1 saturated heterocycles. The maximum absolute atomic E-state index is 12.6. The maximum Gasteiger partial charge on any atom is 0.246 e. The summed E-state index contributed by atoms with van der Waals surface area (Å²) in [5.41, 5.74) is 0.195. The molecule has 5 heteroatoms. The van der Waals surface area contributed by atoms with Crippen LogP contribution in [-0.2, 0) is 9.59 Å². The Morgan fingerprint density at radius 2 is 2.05 bits per heavy atom. The number of rotatable bonds is 5. The summed E-state index contributed by atoms with van der Waals surface area (Å²) < 4.78 is 0. The maximum atomic E-state index is 12.6. The molecule has 0 aromatic rings. The van der Waals surface area contributed by atoms with Gasteiger partial charge in [0.25, 0.3) is 0 Å². The van der Waals surface area contributed by atoms with Crippen molar-refractivity contribution < 1.29 is 14.7 Å². The number of carbonyl (C=O) groups is 2. The second-order valence-electron chi connectivity index (χ2n) is 6.68. The summed E-state index contributed by atoms with van der Waals surface area (Å²) in [5, 5.41) is 9.66. The van der Waals surface area contributed by atoms with Crippen molar-refractivity contribution in [2.45, 2.75) is 51.5 Å². The lowest BCUT2D eigenvalue weighted by Crippen LogP contribution is -2.45. The first-order valence-corrected chi connectivity index (χ1v) is 8.37. The molecule has 1 saturated carbocycles. The second-order valence-corrected chi connectivity index (χ2v) is 6.68.